The van der Waals surface area contributed by atoms with E-state index in [1.807, 2.05) is 48.5 Å². The molecule has 2 N–H and O–H groups in total. The minimum absolute atomic E-state index is 0.151. The molecular formula is C32H27O4P. The minimum Gasteiger partial charge on any atom is -0.404 e. The van der Waals surface area contributed by atoms with Gasteiger partial charge in [0.25, 0.3) is 0 Å². The van der Waals surface area contributed by atoms with Crippen LogP contribution in [-0.4, -0.2) is 9.79 Å². The number of hydrogen-bond donors (Lipinski definition) is 2. The van der Waals surface area contributed by atoms with Crippen molar-refractivity contribution < 1.29 is 18.9 Å². The SMILES string of the molecule is CC(c1ccc(-c2ccccc2)cc1)(c1ccc(-c2ccccc2)cc1)c1ccccc1OP(=O)(O)O. The van der Waals surface area contributed by atoms with Gasteiger partial charge in [-0.05, 0) is 46.4 Å². The first-order valence-electron chi connectivity index (χ1n) is 12.0. The summed E-state index contributed by atoms with van der Waals surface area (Å²) in [5.41, 5.74) is 6.27. The molecule has 5 aromatic rings. The van der Waals surface area contributed by atoms with E-state index < -0.39 is 13.2 Å². The number of phosphoric ester groups is 1. The summed E-state index contributed by atoms with van der Waals surface area (Å²) in [6.45, 7) is 2.06. The highest BCUT2D eigenvalue weighted by Crippen LogP contribution is 2.47. The lowest BCUT2D eigenvalue weighted by Gasteiger charge is -2.33. The van der Waals surface area contributed by atoms with Crippen LogP contribution in [0.2, 0.25) is 0 Å². The predicted molar refractivity (Wildman–Crippen MR) is 148 cm³/mol. The van der Waals surface area contributed by atoms with Gasteiger partial charge in [-0.25, -0.2) is 4.57 Å². The van der Waals surface area contributed by atoms with Crippen molar-refractivity contribution in [3.63, 3.8) is 0 Å². The van der Waals surface area contributed by atoms with E-state index in [1.54, 1.807) is 12.1 Å². The first kappa shape index (κ1) is 24.7. The van der Waals surface area contributed by atoms with Crippen LogP contribution >= 0.6 is 7.82 Å². The standard InChI is InChI=1S/C32H27O4P/c1-32(30-14-8-9-15-31(30)36-37(33,34)35,28-20-16-26(17-21-28)24-10-4-2-5-11-24)29-22-18-27(19-23-29)25-12-6-3-7-13-25/h2-23H,1H3,(H2,33,34,35). The molecule has 184 valence electrons. The molecule has 0 spiro atoms. The van der Waals surface area contributed by atoms with Gasteiger partial charge >= 0.3 is 7.82 Å². The Morgan fingerprint density at radius 1 is 0.541 bits per heavy atom. The third kappa shape index (κ3) is 5.28. The molecule has 0 saturated heterocycles. The maximum absolute atomic E-state index is 11.8. The Kier molecular flexibility index (Phi) is 6.82. The van der Waals surface area contributed by atoms with Gasteiger partial charge < -0.3 is 4.52 Å². The molecule has 0 bridgehead atoms. The first-order valence-corrected chi connectivity index (χ1v) is 13.5. The molecule has 0 unspecified atom stereocenters. The van der Waals surface area contributed by atoms with Crippen LogP contribution in [0.25, 0.3) is 22.3 Å². The highest BCUT2D eigenvalue weighted by molar-refractivity contribution is 7.46. The maximum Gasteiger partial charge on any atom is 0.524 e. The van der Waals surface area contributed by atoms with Gasteiger partial charge in [0.15, 0.2) is 0 Å². The van der Waals surface area contributed by atoms with Crippen LogP contribution in [-0.2, 0) is 9.98 Å². The Bertz CT molecular complexity index is 1440. The van der Waals surface area contributed by atoms with Crippen LogP contribution in [0.15, 0.2) is 133 Å². The zero-order chi connectivity index (χ0) is 25.9. The minimum atomic E-state index is -4.76. The third-order valence-corrected chi connectivity index (χ3v) is 7.22. The van der Waals surface area contributed by atoms with Gasteiger partial charge in [0, 0.05) is 11.0 Å². The largest absolute Gasteiger partial charge is 0.524 e. The van der Waals surface area contributed by atoms with Gasteiger partial charge in [-0.3, -0.25) is 9.79 Å². The molecule has 0 radical (unpaired) electrons. The van der Waals surface area contributed by atoms with E-state index in [4.69, 9.17) is 4.52 Å². The van der Waals surface area contributed by atoms with Gasteiger partial charge in [0.2, 0.25) is 0 Å². The molecule has 0 amide bonds. The Balaban J connectivity index is 1.65. The fraction of sp³-hybridized carbons (Fsp3) is 0.0625. The normalized spacial score (nSPS) is 11.8. The van der Waals surface area contributed by atoms with Crippen LogP contribution in [0, 0.1) is 0 Å². The molecule has 4 nitrogen and oxygen atoms in total. The van der Waals surface area contributed by atoms with Gasteiger partial charge in [0.05, 0.1) is 0 Å². The van der Waals surface area contributed by atoms with Crippen molar-refractivity contribution >= 4 is 7.82 Å². The van der Waals surface area contributed by atoms with Gasteiger partial charge in [-0.2, -0.15) is 0 Å². The highest BCUT2D eigenvalue weighted by Gasteiger charge is 2.35. The fourth-order valence-electron chi connectivity index (χ4n) is 4.82. The van der Waals surface area contributed by atoms with Gasteiger partial charge in [-0.15, -0.1) is 0 Å². The predicted octanol–water partition coefficient (Wildman–Crippen LogP) is 7.85. The summed E-state index contributed by atoms with van der Waals surface area (Å²) in [5.74, 6) is 0.151. The molecule has 5 rings (SSSR count). The summed E-state index contributed by atoms with van der Waals surface area (Å²) in [6, 6.07) is 43.9. The fourth-order valence-corrected chi connectivity index (χ4v) is 5.23. The molecule has 0 aliphatic rings. The first-order chi connectivity index (χ1) is 17.8. The van der Waals surface area contributed by atoms with E-state index in [2.05, 4.69) is 79.7 Å². The Morgan fingerprint density at radius 2 is 0.919 bits per heavy atom. The molecule has 0 aromatic heterocycles. The van der Waals surface area contributed by atoms with E-state index in [0.717, 1.165) is 33.4 Å². The molecule has 5 aromatic carbocycles. The summed E-state index contributed by atoms with van der Waals surface area (Å²) in [4.78, 5) is 19.2. The van der Waals surface area contributed by atoms with Gasteiger partial charge in [0.1, 0.15) is 5.75 Å². The molecule has 0 saturated carbocycles. The molecule has 0 fully saturated rings. The second-order valence-electron chi connectivity index (χ2n) is 9.09. The second kappa shape index (κ2) is 10.2. The topological polar surface area (TPSA) is 66.8 Å². The van der Waals surface area contributed by atoms with E-state index >= 15 is 0 Å². The number of hydrogen-bond acceptors (Lipinski definition) is 2. The quantitative estimate of drug-likeness (QED) is 0.174. The average Bonchev–Trinajstić information content (AvgIpc) is 2.93. The second-order valence-corrected chi connectivity index (χ2v) is 10.3. The summed E-state index contributed by atoms with van der Waals surface area (Å²) < 4.78 is 17.0. The van der Waals surface area contributed by atoms with Crippen molar-refractivity contribution in [3.8, 4) is 28.0 Å². The molecule has 0 atom stereocenters. The number of phosphoric acid groups is 1. The maximum atomic E-state index is 11.8. The van der Waals surface area contributed by atoms with Crippen LogP contribution < -0.4 is 4.52 Å². The van der Waals surface area contributed by atoms with Crippen molar-refractivity contribution in [2.24, 2.45) is 0 Å². The smallest absolute Gasteiger partial charge is 0.404 e. The summed E-state index contributed by atoms with van der Waals surface area (Å²) in [5, 5.41) is 0. The zero-order valence-electron chi connectivity index (χ0n) is 20.4. The van der Waals surface area contributed by atoms with Crippen molar-refractivity contribution in [2.45, 2.75) is 12.3 Å². The van der Waals surface area contributed by atoms with Crippen LogP contribution in [0.4, 0.5) is 0 Å². The third-order valence-electron chi connectivity index (χ3n) is 6.78. The van der Waals surface area contributed by atoms with Crippen LogP contribution in [0.1, 0.15) is 23.6 Å². The number of benzene rings is 5. The van der Waals surface area contributed by atoms with Crippen molar-refractivity contribution in [1.82, 2.24) is 0 Å². The number of rotatable bonds is 7. The number of para-hydroxylation sites is 1. The van der Waals surface area contributed by atoms with Crippen molar-refractivity contribution in [2.75, 3.05) is 0 Å². The lowest BCUT2D eigenvalue weighted by Crippen LogP contribution is -2.26. The Labute approximate surface area is 217 Å². The van der Waals surface area contributed by atoms with Crippen LogP contribution in [0.5, 0.6) is 5.75 Å². The Hall–Kier alpha value is -3.95. The molecule has 0 heterocycles. The molecule has 0 aliphatic heterocycles. The lowest BCUT2D eigenvalue weighted by atomic mass is 9.70. The molecule has 0 aliphatic carbocycles. The van der Waals surface area contributed by atoms with E-state index in [9.17, 15) is 14.4 Å². The summed E-state index contributed by atoms with van der Waals surface area (Å²) in [6.07, 6.45) is 0. The van der Waals surface area contributed by atoms with E-state index in [0.29, 0.717) is 5.56 Å². The lowest BCUT2D eigenvalue weighted by molar-refractivity contribution is 0.281. The zero-order valence-corrected chi connectivity index (χ0v) is 21.3. The summed E-state index contributed by atoms with van der Waals surface area (Å²) >= 11 is 0. The molecule has 37 heavy (non-hydrogen) atoms. The molecular weight excluding hydrogens is 479 g/mol. The highest BCUT2D eigenvalue weighted by atomic mass is 31.2. The van der Waals surface area contributed by atoms with Crippen molar-refractivity contribution in [1.29, 1.82) is 0 Å². The van der Waals surface area contributed by atoms with E-state index in [-0.39, 0.29) is 5.75 Å². The average molecular weight is 507 g/mol. The monoisotopic (exact) mass is 506 g/mol. The molecule has 5 heteroatoms. The van der Waals surface area contributed by atoms with Gasteiger partial charge in [-0.1, -0.05) is 127 Å². The summed E-state index contributed by atoms with van der Waals surface area (Å²) in [7, 11) is -4.76. The van der Waals surface area contributed by atoms with Crippen molar-refractivity contribution in [3.05, 3.63) is 150 Å². The van der Waals surface area contributed by atoms with E-state index in [1.165, 1.54) is 0 Å². The van der Waals surface area contributed by atoms with Crippen LogP contribution in [0.3, 0.4) is 0 Å². The Morgan fingerprint density at radius 3 is 1.35 bits per heavy atom.